The summed E-state index contributed by atoms with van der Waals surface area (Å²) in [6.07, 6.45) is 2.50. The van der Waals surface area contributed by atoms with Crippen LogP contribution in [-0.2, 0) is 11.3 Å². The van der Waals surface area contributed by atoms with Crippen LogP contribution in [0.15, 0.2) is 57.9 Å². The molecule has 0 fully saturated rings. The molecule has 0 aromatic heterocycles. The molecule has 0 radical (unpaired) electrons. The minimum atomic E-state index is -0.0191. The topological polar surface area (TPSA) is 37.4 Å². The number of rotatable bonds is 7. The van der Waals surface area contributed by atoms with E-state index in [1.165, 1.54) is 4.90 Å². The van der Waals surface area contributed by atoms with Crippen LogP contribution in [0.1, 0.15) is 28.8 Å². The number of thioether (sulfide) groups is 1. The molecule has 24 heavy (non-hydrogen) atoms. The molecular formula is C19H20BrNO2S. The van der Waals surface area contributed by atoms with E-state index in [0.717, 1.165) is 10.0 Å². The average Bonchev–Trinajstić information content (AvgIpc) is 2.60. The van der Waals surface area contributed by atoms with Crippen LogP contribution in [0.4, 0.5) is 0 Å². The molecule has 0 aliphatic carbocycles. The van der Waals surface area contributed by atoms with Crippen molar-refractivity contribution in [1.29, 1.82) is 0 Å². The van der Waals surface area contributed by atoms with E-state index in [2.05, 4.69) is 28.1 Å². The van der Waals surface area contributed by atoms with Gasteiger partial charge >= 0.3 is 0 Å². The van der Waals surface area contributed by atoms with Crippen LogP contribution in [0.25, 0.3) is 0 Å². The van der Waals surface area contributed by atoms with Crippen LogP contribution in [0, 0.1) is 0 Å². The minimum absolute atomic E-state index is 0.00595. The fourth-order valence-corrected chi connectivity index (χ4v) is 2.96. The Morgan fingerprint density at radius 1 is 1.00 bits per heavy atom. The Labute approximate surface area is 155 Å². The summed E-state index contributed by atoms with van der Waals surface area (Å²) >= 11 is 5.03. The van der Waals surface area contributed by atoms with Gasteiger partial charge in [-0.2, -0.15) is 0 Å². The SMILES string of the molecule is CSc1ccc(CN(C)C(=O)CCC(=O)c2ccc(Br)cc2)cc1. The number of halogens is 1. The third kappa shape index (κ3) is 5.49. The highest BCUT2D eigenvalue weighted by atomic mass is 79.9. The van der Waals surface area contributed by atoms with Crippen LogP contribution in [0.3, 0.4) is 0 Å². The van der Waals surface area contributed by atoms with Gasteiger partial charge in [0.2, 0.25) is 5.91 Å². The highest BCUT2D eigenvalue weighted by Crippen LogP contribution is 2.16. The van der Waals surface area contributed by atoms with Gasteiger partial charge in [-0.3, -0.25) is 9.59 Å². The first-order valence-electron chi connectivity index (χ1n) is 7.65. The van der Waals surface area contributed by atoms with Crippen molar-refractivity contribution in [3.63, 3.8) is 0 Å². The molecule has 0 saturated carbocycles. The Kier molecular flexibility index (Phi) is 7.06. The molecule has 2 rings (SSSR count). The van der Waals surface area contributed by atoms with E-state index < -0.39 is 0 Å². The molecule has 0 atom stereocenters. The van der Waals surface area contributed by atoms with Gasteiger partial charge in [-0.1, -0.05) is 40.2 Å². The van der Waals surface area contributed by atoms with Gasteiger partial charge in [-0.15, -0.1) is 11.8 Å². The van der Waals surface area contributed by atoms with Gasteiger partial charge in [-0.25, -0.2) is 0 Å². The highest BCUT2D eigenvalue weighted by molar-refractivity contribution is 9.10. The lowest BCUT2D eigenvalue weighted by atomic mass is 10.1. The Hall–Kier alpha value is -1.59. The Morgan fingerprint density at radius 3 is 2.21 bits per heavy atom. The van der Waals surface area contributed by atoms with Crippen LogP contribution < -0.4 is 0 Å². The second-order valence-corrected chi connectivity index (χ2v) is 7.32. The van der Waals surface area contributed by atoms with Gasteiger partial charge < -0.3 is 4.90 Å². The van der Waals surface area contributed by atoms with Gasteiger partial charge in [0, 0.05) is 41.4 Å². The Morgan fingerprint density at radius 2 is 1.62 bits per heavy atom. The maximum absolute atomic E-state index is 12.2. The van der Waals surface area contributed by atoms with Crippen molar-refractivity contribution >= 4 is 39.4 Å². The van der Waals surface area contributed by atoms with E-state index in [9.17, 15) is 9.59 Å². The lowest BCUT2D eigenvalue weighted by Crippen LogP contribution is -2.26. The number of hydrogen-bond donors (Lipinski definition) is 0. The largest absolute Gasteiger partial charge is 0.341 e. The molecule has 0 saturated heterocycles. The van der Waals surface area contributed by atoms with E-state index in [0.29, 0.717) is 12.1 Å². The van der Waals surface area contributed by atoms with Crippen molar-refractivity contribution in [2.24, 2.45) is 0 Å². The van der Waals surface area contributed by atoms with Gasteiger partial charge in [0.1, 0.15) is 0 Å². The quantitative estimate of drug-likeness (QED) is 0.490. The van der Waals surface area contributed by atoms with Crippen molar-refractivity contribution < 1.29 is 9.59 Å². The van der Waals surface area contributed by atoms with Crippen molar-refractivity contribution in [2.45, 2.75) is 24.3 Å². The number of amides is 1. The lowest BCUT2D eigenvalue weighted by Gasteiger charge is -2.17. The zero-order valence-electron chi connectivity index (χ0n) is 13.8. The molecule has 5 heteroatoms. The first-order valence-corrected chi connectivity index (χ1v) is 9.67. The summed E-state index contributed by atoms with van der Waals surface area (Å²) in [6, 6.07) is 15.4. The molecule has 0 aliphatic rings. The molecule has 3 nitrogen and oxygen atoms in total. The Balaban J connectivity index is 1.84. The number of carbonyl (C=O) groups is 2. The molecular weight excluding hydrogens is 386 g/mol. The van der Waals surface area contributed by atoms with Gasteiger partial charge in [0.15, 0.2) is 5.78 Å². The zero-order chi connectivity index (χ0) is 17.5. The van der Waals surface area contributed by atoms with E-state index in [-0.39, 0.29) is 24.5 Å². The zero-order valence-corrected chi connectivity index (χ0v) is 16.2. The van der Waals surface area contributed by atoms with E-state index >= 15 is 0 Å². The first kappa shape index (κ1) is 18.7. The molecule has 0 spiro atoms. The van der Waals surface area contributed by atoms with E-state index in [1.807, 2.05) is 30.5 Å². The summed E-state index contributed by atoms with van der Waals surface area (Å²) in [4.78, 5) is 27.2. The predicted molar refractivity (Wildman–Crippen MR) is 102 cm³/mol. The first-order chi connectivity index (χ1) is 11.5. The molecule has 0 bridgehead atoms. The number of ketones is 1. The number of Topliss-reactive ketones (excluding diaryl/α,β-unsaturated/α-hetero) is 1. The van der Waals surface area contributed by atoms with Crippen LogP contribution in [0.5, 0.6) is 0 Å². The molecule has 2 aromatic carbocycles. The molecule has 0 aliphatic heterocycles. The fraction of sp³-hybridized carbons (Fsp3) is 0.263. The summed E-state index contributed by atoms with van der Waals surface area (Å²) in [6.45, 7) is 0.556. The molecule has 126 valence electrons. The van der Waals surface area contributed by atoms with E-state index in [4.69, 9.17) is 0 Å². The molecule has 0 unspecified atom stereocenters. The fourth-order valence-electron chi connectivity index (χ4n) is 2.28. The van der Waals surface area contributed by atoms with Gasteiger partial charge in [0.25, 0.3) is 0 Å². The van der Waals surface area contributed by atoms with Gasteiger partial charge in [-0.05, 0) is 36.1 Å². The third-order valence-corrected chi connectivity index (χ3v) is 5.01. The molecule has 1 amide bonds. The van der Waals surface area contributed by atoms with Crippen molar-refractivity contribution in [3.8, 4) is 0 Å². The molecule has 0 heterocycles. The monoisotopic (exact) mass is 405 g/mol. The standard InChI is InChI=1S/C19H20BrNO2S/c1-21(13-14-3-9-17(24-2)10-4-14)19(23)12-11-18(22)15-5-7-16(20)8-6-15/h3-10H,11-13H2,1-2H3. The molecule has 2 aromatic rings. The van der Waals surface area contributed by atoms with Crippen LogP contribution >= 0.6 is 27.7 Å². The normalized spacial score (nSPS) is 10.5. The average molecular weight is 406 g/mol. The number of carbonyl (C=O) groups excluding carboxylic acids is 2. The van der Waals surface area contributed by atoms with Crippen molar-refractivity contribution in [3.05, 3.63) is 64.1 Å². The lowest BCUT2D eigenvalue weighted by molar-refractivity contribution is -0.130. The minimum Gasteiger partial charge on any atom is -0.341 e. The summed E-state index contributed by atoms with van der Waals surface area (Å²) in [5.41, 5.74) is 1.73. The summed E-state index contributed by atoms with van der Waals surface area (Å²) < 4.78 is 0.933. The van der Waals surface area contributed by atoms with Gasteiger partial charge in [0.05, 0.1) is 0 Å². The summed E-state index contributed by atoms with van der Waals surface area (Å²) in [7, 11) is 1.77. The highest BCUT2D eigenvalue weighted by Gasteiger charge is 2.13. The number of benzene rings is 2. The maximum atomic E-state index is 12.2. The summed E-state index contributed by atoms with van der Waals surface area (Å²) in [5.74, 6) is -0.0250. The van der Waals surface area contributed by atoms with Crippen LogP contribution in [0.2, 0.25) is 0 Å². The predicted octanol–water partition coefficient (Wildman–Crippen LogP) is 4.79. The second kappa shape index (κ2) is 9.04. The maximum Gasteiger partial charge on any atom is 0.223 e. The van der Waals surface area contributed by atoms with Crippen molar-refractivity contribution in [2.75, 3.05) is 13.3 Å². The number of hydrogen-bond acceptors (Lipinski definition) is 3. The molecule has 0 N–H and O–H groups in total. The van der Waals surface area contributed by atoms with Crippen LogP contribution in [-0.4, -0.2) is 29.9 Å². The number of nitrogens with zero attached hydrogens (tertiary/aromatic N) is 1. The van der Waals surface area contributed by atoms with E-state index in [1.54, 1.807) is 35.8 Å². The smallest absolute Gasteiger partial charge is 0.223 e. The summed E-state index contributed by atoms with van der Waals surface area (Å²) in [5, 5.41) is 0. The van der Waals surface area contributed by atoms with Crippen molar-refractivity contribution in [1.82, 2.24) is 4.90 Å². The second-order valence-electron chi connectivity index (χ2n) is 5.53. The Bertz CT molecular complexity index is 698. The third-order valence-electron chi connectivity index (χ3n) is 3.74.